The van der Waals surface area contributed by atoms with E-state index < -0.39 is 57.6 Å². The van der Waals surface area contributed by atoms with Crippen LogP contribution >= 0.6 is 45.2 Å². The van der Waals surface area contributed by atoms with Crippen molar-refractivity contribution in [3.63, 3.8) is 0 Å². The number of nitrogens with zero attached hydrogens (tertiary/aromatic N) is 4. The number of benzene rings is 2. The Balaban J connectivity index is 0.000000199. The second kappa shape index (κ2) is 20.3. The Morgan fingerprint density at radius 2 is 1.10 bits per heavy atom. The van der Waals surface area contributed by atoms with E-state index in [2.05, 4.69) is 21.3 Å². The molecule has 22 heteroatoms. The van der Waals surface area contributed by atoms with Gasteiger partial charge in [0.25, 0.3) is 23.6 Å². The fraction of sp³-hybridized carbons (Fsp3) is 0.422. The summed E-state index contributed by atoms with van der Waals surface area (Å²) in [6, 6.07) is 3.68. The van der Waals surface area contributed by atoms with Crippen molar-refractivity contribution in [3.05, 3.63) is 120 Å². The molecule has 0 radical (unpaired) electrons. The van der Waals surface area contributed by atoms with Crippen LogP contribution in [0.25, 0.3) is 0 Å². The number of pyridine rings is 2. The quantitative estimate of drug-likeness (QED) is 0.0677. The Morgan fingerprint density at radius 3 is 1.52 bits per heavy atom. The van der Waals surface area contributed by atoms with E-state index in [1.54, 1.807) is 41.5 Å². The van der Waals surface area contributed by atoms with Crippen molar-refractivity contribution >= 4 is 68.8 Å². The summed E-state index contributed by atoms with van der Waals surface area (Å²) in [5, 5.41) is 22.3. The van der Waals surface area contributed by atoms with Crippen molar-refractivity contribution in [1.29, 1.82) is 0 Å². The van der Waals surface area contributed by atoms with Gasteiger partial charge in [-0.05, 0) is 97.1 Å². The molecule has 0 aliphatic carbocycles. The molecule has 0 unspecified atom stereocenters. The first-order chi connectivity index (χ1) is 31.9. The third kappa shape index (κ3) is 8.81. The molecule has 2 aromatic heterocycles. The van der Waals surface area contributed by atoms with Gasteiger partial charge in [-0.1, -0.05) is 26.0 Å². The molecule has 0 saturated heterocycles. The SMILES string of the molecule is CCN[C@H]1C[C@@H]2CN(CC)C(=O)c3c(O)c(=O)c(C(=O)NCc4ccc(F)c(I)c4F)c1n32.CCN[C@H]1C[C@@H]2CN(CC)C(=O)c3c(OC)c(=O)c(C(=O)NCc4ccc(F)c(I)c4F)c1n32. The highest BCUT2D eigenvalue weighted by Gasteiger charge is 2.46. The maximum atomic E-state index is 14.4. The number of aromatic nitrogens is 2. The number of likely N-dealkylation sites (N-methyl/N-ethyl adjacent to an activating group) is 2. The van der Waals surface area contributed by atoms with Gasteiger partial charge in [-0.3, -0.25) is 28.8 Å². The Hall–Kier alpha value is -5.08. The minimum absolute atomic E-state index is 0.0581. The lowest BCUT2D eigenvalue weighted by atomic mass is 10.0. The predicted octanol–water partition coefficient (Wildman–Crippen LogP) is 5.18. The first kappa shape index (κ1) is 49.8. The number of carbonyl (C=O) groups is 4. The van der Waals surface area contributed by atoms with Gasteiger partial charge in [-0.2, -0.15) is 0 Å². The largest absolute Gasteiger partial charge is 0.503 e. The zero-order valence-electron chi connectivity index (χ0n) is 37.1. The Labute approximate surface area is 409 Å². The zero-order valence-corrected chi connectivity index (χ0v) is 41.4. The van der Waals surface area contributed by atoms with Crippen LogP contribution in [-0.4, -0.2) is 94.0 Å². The van der Waals surface area contributed by atoms with Gasteiger partial charge in [-0.25, -0.2) is 17.6 Å². The van der Waals surface area contributed by atoms with E-state index in [-0.39, 0.29) is 89.7 Å². The highest BCUT2D eigenvalue weighted by Crippen LogP contribution is 2.44. The maximum Gasteiger partial charge on any atom is 0.274 e. The summed E-state index contributed by atoms with van der Waals surface area (Å²) in [6.45, 7) is 9.91. The van der Waals surface area contributed by atoms with Crippen molar-refractivity contribution in [3.8, 4) is 11.5 Å². The van der Waals surface area contributed by atoms with Gasteiger partial charge < -0.3 is 50.0 Å². The zero-order chi connectivity index (χ0) is 48.8. The van der Waals surface area contributed by atoms with Gasteiger partial charge in [0.1, 0.15) is 34.4 Å². The number of amides is 4. The molecule has 4 atom stereocenters. The molecule has 4 aliphatic rings. The molecular formula is C45H48F4I2N8O8. The van der Waals surface area contributed by atoms with Crippen molar-refractivity contribution < 1.29 is 46.6 Å². The summed E-state index contributed by atoms with van der Waals surface area (Å²) >= 11 is 3.10. The van der Waals surface area contributed by atoms with E-state index in [0.717, 1.165) is 12.1 Å². The molecule has 0 saturated carbocycles. The monoisotopic (exact) mass is 1160 g/mol. The van der Waals surface area contributed by atoms with Crippen LogP contribution in [0.15, 0.2) is 33.9 Å². The van der Waals surface area contributed by atoms with Crippen LogP contribution in [0.1, 0.15) is 129 Å². The first-order valence-corrected chi connectivity index (χ1v) is 23.9. The number of halogens is 6. The van der Waals surface area contributed by atoms with Crippen molar-refractivity contribution in [2.24, 2.45) is 0 Å². The molecule has 5 N–H and O–H groups in total. The van der Waals surface area contributed by atoms with Crippen LogP contribution in [0, 0.1) is 30.4 Å². The number of rotatable bonds is 13. The van der Waals surface area contributed by atoms with E-state index in [1.807, 2.05) is 27.7 Å². The molecule has 0 bridgehead atoms. The normalized spacial score (nSPS) is 18.9. The van der Waals surface area contributed by atoms with Crippen molar-refractivity contribution in [2.45, 2.75) is 77.8 Å². The molecule has 0 fully saturated rings. The van der Waals surface area contributed by atoms with Gasteiger partial charge in [0.15, 0.2) is 22.9 Å². The van der Waals surface area contributed by atoms with Crippen LogP contribution in [0.2, 0.25) is 0 Å². The fourth-order valence-corrected chi connectivity index (χ4v) is 10.5. The third-order valence-corrected chi connectivity index (χ3v) is 14.5. The summed E-state index contributed by atoms with van der Waals surface area (Å²) in [5.74, 6) is -6.18. The average Bonchev–Trinajstić information content (AvgIpc) is 3.84. The second-order valence-electron chi connectivity index (χ2n) is 16.2. The smallest absolute Gasteiger partial charge is 0.274 e. The summed E-state index contributed by atoms with van der Waals surface area (Å²) in [7, 11) is 1.29. The molecule has 4 amide bonds. The molecule has 4 aromatic rings. The number of nitrogens with one attached hydrogen (secondary N) is 4. The minimum atomic E-state index is -0.947. The minimum Gasteiger partial charge on any atom is -0.503 e. The number of carbonyl (C=O) groups excluding carboxylic acids is 4. The van der Waals surface area contributed by atoms with Gasteiger partial charge in [-0.15, -0.1) is 0 Å². The van der Waals surface area contributed by atoms with Crippen LogP contribution in [0.3, 0.4) is 0 Å². The van der Waals surface area contributed by atoms with Gasteiger partial charge in [0, 0.05) is 50.4 Å². The van der Waals surface area contributed by atoms with Crippen LogP contribution < -0.4 is 36.9 Å². The van der Waals surface area contributed by atoms with Crippen molar-refractivity contribution in [1.82, 2.24) is 40.2 Å². The molecule has 0 spiro atoms. The summed E-state index contributed by atoms with van der Waals surface area (Å²) in [5.41, 5.74) is -1.08. The second-order valence-corrected chi connectivity index (χ2v) is 18.4. The van der Waals surface area contributed by atoms with E-state index >= 15 is 0 Å². The standard InChI is InChI=1S/C23H25F2IN4O4.C22H23F2IN4O4/c1-4-27-14-8-12-10-29(5-2)23(33)19-21(34-3)20(31)15(18(14)30(12)19)22(32)28-9-11-6-7-13(24)17(26)16(11)25;1-3-26-13-7-11-9-28(4-2)22(33)18-20(31)19(30)14(17(13)29(11)18)21(32)27-8-10-5-6-12(23)16(25)15(10)24/h6-7,12,14,27H,4-5,8-10H2,1-3H3,(H,28,32);5-6,11,13,26,31H,3-4,7-9H2,1-2H3,(H,27,32)/t12-,14+;11-,13+/m11/s1. The predicted molar refractivity (Wildman–Crippen MR) is 253 cm³/mol. The van der Waals surface area contributed by atoms with Gasteiger partial charge in [0.05, 0.1) is 49.8 Å². The molecular weight excluding hydrogens is 1110 g/mol. The lowest BCUT2D eigenvalue weighted by Gasteiger charge is -2.34. The molecule has 2 aromatic carbocycles. The number of methoxy groups -OCH3 is 1. The molecule has 67 heavy (non-hydrogen) atoms. The van der Waals surface area contributed by atoms with Crippen LogP contribution in [0.4, 0.5) is 17.6 Å². The van der Waals surface area contributed by atoms with Crippen LogP contribution in [-0.2, 0) is 13.1 Å². The average molecular weight is 1160 g/mol. The number of hydrogen-bond donors (Lipinski definition) is 5. The van der Waals surface area contributed by atoms with E-state index in [4.69, 9.17) is 4.74 Å². The fourth-order valence-electron chi connectivity index (χ4n) is 9.46. The Bertz CT molecular complexity index is 2820. The highest BCUT2D eigenvalue weighted by molar-refractivity contribution is 14.1. The number of aromatic hydroxyl groups is 1. The number of hydrogen-bond acceptors (Lipinski definition) is 10. The van der Waals surface area contributed by atoms with Gasteiger partial charge in [0.2, 0.25) is 10.9 Å². The summed E-state index contributed by atoms with van der Waals surface area (Å²) in [4.78, 5) is 82.3. The summed E-state index contributed by atoms with van der Waals surface area (Å²) < 4.78 is 64.3. The molecule has 8 rings (SSSR count). The lowest BCUT2D eigenvalue weighted by Crippen LogP contribution is -2.45. The molecule has 16 nitrogen and oxygen atoms in total. The maximum absolute atomic E-state index is 14.4. The Kier molecular flexibility index (Phi) is 15.1. The van der Waals surface area contributed by atoms with E-state index in [0.29, 0.717) is 63.5 Å². The highest BCUT2D eigenvalue weighted by atomic mass is 127. The van der Waals surface area contributed by atoms with E-state index in [1.165, 1.54) is 41.8 Å². The molecule has 6 heterocycles. The molecule has 358 valence electrons. The topological polar surface area (TPSA) is 196 Å². The lowest BCUT2D eigenvalue weighted by molar-refractivity contribution is 0.0668. The molecule has 4 aliphatic heterocycles. The van der Waals surface area contributed by atoms with Crippen molar-refractivity contribution in [2.75, 3.05) is 46.4 Å². The number of ether oxygens (including phenoxy) is 1. The first-order valence-electron chi connectivity index (χ1n) is 21.7. The Morgan fingerprint density at radius 1 is 0.687 bits per heavy atom. The summed E-state index contributed by atoms with van der Waals surface area (Å²) in [6.07, 6.45) is 1.14. The van der Waals surface area contributed by atoms with Crippen LogP contribution in [0.5, 0.6) is 11.5 Å². The van der Waals surface area contributed by atoms with Gasteiger partial charge >= 0.3 is 0 Å². The van der Waals surface area contributed by atoms with E-state index in [9.17, 15) is 51.4 Å². The third-order valence-electron chi connectivity index (χ3n) is 12.5.